The molecule has 0 bridgehead atoms. The number of ether oxygens (including phenoxy) is 2. The fourth-order valence-electron chi connectivity index (χ4n) is 2.28. The van der Waals surface area contributed by atoms with E-state index in [0.29, 0.717) is 29.6 Å². The average Bonchev–Trinajstić information content (AvgIpc) is 2.98. The largest absolute Gasteiger partial charge is 0.493 e. The minimum absolute atomic E-state index is 0.0798. The van der Waals surface area contributed by atoms with Crippen LogP contribution < -0.4 is 9.47 Å². The first-order valence-corrected chi connectivity index (χ1v) is 7.22. The predicted molar refractivity (Wildman–Crippen MR) is 78.5 cm³/mol. The Morgan fingerprint density at radius 1 is 1.25 bits per heavy atom. The third-order valence-electron chi connectivity index (χ3n) is 3.38. The highest BCUT2D eigenvalue weighted by atomic mass is 16.5. The molecule has 2 rings (SSSR count). The van der Waals surface area contributed by atoms with Crippen LogP contribution in [0.5, 0.6) is 11.5 Å². The van der Waals surface area contributed by atoms with Crippen molar-refractivity contribution in [1.82, 2.24) is 4.90 Å². The van der Waals surface area contributed by atoms with E-state index in [9.17, 15) is 4.79 Å². The number of methoxy groups -OCH3 is 1. The Hall–Kier alpha value is -1.71. The lowest BCUT2D eigenvalue weighted by atomic mass is 10.1. The Bertz CT molecular complexity index is 465. The summed E-state index contributed by atoms with van der Waals surface area (Å²) in [7, 11) is 1.60. The topological polar surface area (TPSA) is 38.8 Å². The van der Waals surface area contributed by atoms with Crippen LogP contribution in [0, 0.1) is 5.92 Å². The zero-order valence-corrected chi connectivity index (χ0v) is 12.5. The highest BCUT2D eigenvalue weighted by molar-refractivity contribution is 5.95. The zero-order chi connectivity index (χ0) is 14.5. The van der Waals surface area contributed by atoms with Crippen molar-refractivity contribution in [3.63, 3.8) is 0 Å². The standard InChI is InChI=1S/C16H23NO3/c1-12(2)11-20-14-7-6-13(10-15(14)19-3)16(18)17-8-4-5-9-17/h6-7,10,12H,4-5,8-9,11H2,1-3H3. The number of likely N-dealkylation sites (tertiary alicyclic amines) is 1. The SMILES string of the molecule is COc1cc(C(=O)N2CCCC2)ccc1OCC(C)C. The fraction of sp³-hybridized carbons (Fsp3) is 0.562. The van der Waals surface area contributed by atoms with E-state index in [1.165, 1.54) is 0 Å². The number of hydrogen-bond donors (Lipinski definition) is 0. The molecule has 1 aromatic carbocycles. The number of rotatable bonds is 5. The Kier molecular flexibility index (Phi) is 4.88. The lowest BCUT2D eigenvalue weighted by Gasteiger charge is -2.17. The molecule has 110 valence electrons. The number of amides is 1. The van der Waals surface area contributed by atoms with Gasteiger partial charge in [-0.3, -0.25) is 4.79 Å². The molecule has 1 fully saturated rings. The summed E-state index contributed by atoms with van der Waals surface area (Å²) in [6, 6.07) is 5.42. The Morgan fingerprint density at radius 2 is 1.95 bits per heavy atom. The van der Waals surface area contributed by atoms with Crippen LogP contribution in [0.2, 0.25) is 0 Å². The van der Waals surface area contributed by atoms with Gasteiger partial charge in [0.25, 0.3) is 5.91 Å². The maximum atomic E-state index is 12.3. The zero-order valence-electron chi connectivity index (χ0n) is 12.5. The van der Waals surface area contributed by atoms with Gasteiger partial charge in [-0.15, -0.1) is 0 Å². The molecule has 0 aromatic heterocycles. The molecule has 0 spiro atoms. The van der Waals surface area contributed by atoms with E-state index in [-0.39, 0.29) is 5.91 Å². The van der Waals surface area contributed by atoms with Crippen molar-refractivity contribution in [3.8, 4) is 11.5 Å². The van der Waals surface area contributed by atoms with Crippen LogP contribution in [0.15, 0.2) is 18.2 Å². The van der Waals surface area contributed by atoms with Crippen molar-refractivity contribution in [2.24, 2.45) is 5.92 Å². The van der Waals surface area contributed by atoms with Gasteiger partial charge < -0.3 is 14.4 Å². The lowest BCUT2D eigenvalue weighted by molar-refractivity contribution is 0.0792. The first-order valence-electron chi connectivity index (χ1n) is 7.22. The molecule has 0 unspecified atom stereocenters. The van der Waals surface area contributed by atoms with Gasteiger partial charge in [-0.2, -0.15) is 0 Å². The van der Waals surface area contributed by atoms with E-state index in [1.807, 2.05) is 17.0 Å². The average molecular weight is 277 g/mol. The van der Waals surface area contributed by atoms with Crippen LogP contribution in [0.1, 0.15) is 37.0 Å². The summed E-state index contributed by atoms with van der Waals surface area (Å²) >= 11 is 0. The third kappa shape index (κ3) is 3.44. The summed E-state index contributed by atoms with van der Waals surface area (Å²) < 4.78 is 11.0. The van der Waals surface area contributed by atoms with Crippen molar-refractivity contribution in [3.05, 3.63) is 23.8 Å². The minimum Gasteiger partial charge on any atom is -0.493 e. The van der Waals surface area contributed by atoms with Crippen molar-refractivity contribution < 1.29 is 14.3 Å². The van der Waals surface area contributed by atoms with Crippen molar-refractivity contribution in [2.75, 3.05) is 26.8 Å². The van der Waals surface area contributed by atoms with Crippen LogP contribution in [0.4, 0.5) is 0 Å². The van der Waals surface area contributed by atoms with Crippen LogP contribution in [0.25, 0.3) is 0 Å². The van der Waals surface area contributed by atoms with Gasteiger partial charge in [0.05, 0.1) is 13.7 Å². The maximum absolute atomic E-state index is 12.3. The van der Waals surface area contributed by atoms with Crippen LogP contribution in [-0.2, 0) is 0 Å². The molecule has 20 heavy (non-hydrogen) atoms. The Balaban J connectivity index is 2.13. The molecule has 0 saturated carbocycles. The molecule has 4 nitrogen and oxygen atoms in total. The van der Waals surface area contributed by atoms with Gasteiger partial charge in [-0.25, -0.2) is 0 Å². The minimum atomic E-state index is 0.0798. The Labute approximate surface area is 120 Å². The van der Waals surface area contributed by atoms with Gasteiger partial charge >= 0.3 is 0 Å². The van der Waals surface area contributed by atoms with Crippen LogP contribution in [0.3, 0.4) is 0 Å². The summed E-state index contributed by atoms with van der Waals surface area (Å²) in [6.07, 6.45) is 2.19. The molecule has 1 saturated heterocycles. The molecule has 0 atom stereocenters. The summed E-state index contributed by atoms with van der Waals surface area (Å²) in [6.45, 7) is 6.53. The molecule has 0 radical (unpaired) electrons. The third-order valence-corrected chi connectivity index (χ3v) is 3.38. The van der Waals surface area contributed by atoms with E-state index in [0.717, 1.165) is 25.9 Å². The van der Waals surface area contributed by atoms with E-state index < -0.39 is 0 Å². The number of carbonyl (C=O) groups is 1. The molecule has 4 heteroatoms. The Morgan fingerprint density at radius 3 is 2.55 bits per heavy atom. The molecular weight excluding hydrogens is 254 g/mol. The molecule has 1 heterocycles. The van der Waals surface area contributed by atoms with Gasteiger partial charge in [-0.05, 0) is 37.0 Å². The molecule has 1 aromatic rings. The molecule has 1 amide bonds. The smallest absolute Gasteiger partial charge is 0.253 e. The normalized spacial score (nSPS) is 14.7. The summed E-state index contributed by atoms with van der Waals surface area (Å²) in [5.74, 6) is 1.84. The van der Waals surface area contributed by atoms with Gasteiger partial charge in [0.2, 0.25) is 0 Å². The lowest BCUT2D eigenvalue weighted by Crippen LogP contribution is -2.27. The van der Waals surface area contributed by atoms with Gasteiger partial charge in [0.1, 0.15) is 0 Å². The fourth-order valence-corrected chi connectivity index (χ4v) is 2.28. The molecule has 0 N–H and O–H groups in total. The number of nitrogens with zero attached hydrogens (tertiary/aromatic N) is 1. The molecule has 1 aliphatic heterocycles. The van der Waals surface area contributed by atoms with Crippen LogP contribution >= 0.6 is 0 Å². The first kappa shape index (κ1) is 14.7. The van der Waals surface area contributed by atoms with E-state index in [4.69, 9.17) is 9.47 Å². The summed E-state index contributed by atoms with van der Waals surface area (Å²) in [5.41, 5.74) is 0.667. The maximum Gasteiger partial charge on any atom is 0.253 e. The quantitative estimate of drug-likeness (QED) is 0.830. The molecule has 1 aliphatic rings. The highest BCUT2D eigenvalue weighted by Gasteiger charge is 2.20. The van der Waals surface area contributed by atoms with Crippen LogP contribution in [-0.4, -0.2) is 37.6 Å². The van der Waals surface area contributed by atoms with Crippen molar-refractivity contribution in [1.29, 1.82) is 0 Å². The van der Waals surface area contributed by atoms with E-state index in [1.54, 1.807) is 13.2 Å². The monoisotopic (exact) mass is 277 g/mol. The van der Waals surface area contributed by atoms with E-state index >= 15 is 0 Å². The summed E-state index contributed by atoms with van der Waals surface area (Å²) in [4.78, 5) is 14.2. The first-order chi connectivity index (χ1) is 9.61. The van der Waals surface area contributed by atoms with Gasteiger partial charge in [0.15, 0.2) is 11.5 Å². The molecule has 0 aliphatic carbocycles. The highest BCUT2D eigenvalue weighted by Crippen LogP contribution is 2.29. The second-order valence-corrected chi connectivity index (χ2v) is 5.57. The number of carbonyl (C=O) groups excluding carboxylic acids is 1. The van der Waals surface area contributed by atoms with Crippen molar-refractivity contribution in [2.45, 2.75) is 26.7 Å². The number of hydrogen-bond acceptors (Lipinski definition) is 3. The molecular formula is C16H23NO3. The second-order valence-electron chi connectivity index (χ2n) is 5.57. The summed E-state index contributed by atoms with van der Waals surface area (Å²) in [5, 5.41) is 0. The predicted octanol–water partition coefficient (Wildman–Crippen LogP) is 2.97. The van der Waals surface area contributed by atoms with Gasteiger partial charge in [0, 0.05) is 18.7 Å². The van der Waals surface area contributed by atoms with Crippen molar-refractivity contribution >= 4 is 5.91 Å². The van der Waals surface area contributed by atoms with Gasteiger partial charge in [-0.1, -0.05) is 13.8 Å². The van der Waals surface area contributed by atoms with E-state index in [2.05, 4.69) is 13.8 Å². The second kappa shape index (κ2) is 6.64. The number of benzene rings is 1.